The van der Waals surface area contributed by atoms with Gasteiger partial charge in [0.15, 0.2) is 0 Å². The summed E-state index contributed by atoms with van der Waals surface area (Å²) in [5.74, 6) is -1.91. The van der Waals surface area contributed by atoms with Crippen molar-refractivity contribution in [3.63, 3.8) is 0 Å². The van der Waals surface area contributed by atoms with Crippen LogP contribution in [-0.4, -0.2) is 64.8 Å². The minimum Gasteiger partial charge on any atom is -0.480 e. The van der Waals surface area contributed by atoms with Crippen LogP contribution in [0.5, 0.6) is 0 Å². The molecule has 23 heavy (non-hydrogen) atoms. The Balaban J connectivity index is -0.000000273. The predicted molar refractivity (Wildman–Crippen MR) is 82.0 cm³/mol. The first kappa shape index (κ1) is 26.5. The molecular formula is C10H26N4O8S. The Morgan fingerprint density at radius 2 is 1.04 bits per heavy atom. The van der Waals surface area contributed by atoms with Gasteiger partial charge in [-0.1, -0.05) is 0 Å². The molecule has 0 fully saturated rings. The van der Waals surface area contributed by atoms with Gasteiger partial charge in [-0.15, -0.1) is 0 Å². The Morgan fingerprint density at radius 3 is 1.17 bits per heavy atom. The number of hydrogen-bond acceptors (Lipinski definition) is 8. The van der Waals surface area contributed by atoms with E-state index in [0.29, 0.717) is 38.8 Å². The lowest BCUT2D eigenvalue weighted by atomic mass is 10.2. The molecule has 0 heterocycles. The summed E-state index contributed by atoms with van der Waals surface area (Å²) in [6.45, 7) is 1.00. The molecule has 0 unspecified atom stereocenters. The maximum atomic E-state index is 10.0. The number of nitrogens with two attached hydrogens (primary N) is 4. The number of aliphatic carboxylic acids is 2. The summed E-state index contributed by atoms with van der Waals surface area (Å²) < 4.78 is 31.6. The summed E-state index contributed by atoms with van der Waals surface area (Å²) in [7, 11) is -4.67. The molecule has 140 valence electrons. The molecule has 0 saturated carbocycles. The van der Waals surface area contributed by atoms with E-state index >= 15 is 0 Å². The summed E-state index contributed by atoms with van der Waals surface area (Å²) in [6, 6.07) is -1.48. The Hall–Kier alpha value is -1.35. The van der Waals surface area contributed by atoms with Gasteiger partial charge in [-0.2, -0.15) is 8.42 Å². The number of carbonyl (C=O) groups is 2. The highest BCUT2D eigenvalue weighted by Gasteiger charge is 2.09. The molecule has 0 aliphatic carbocycles. The maximum absolute atomic E-state index is 10.0. The van der Waals surface area contributed by atoms with Gasteiger partial charge in [0, 0.05) is 0 Å². The lowest BCUT2D eigenvalue weighted by Gasteiger charge is -2.02. The van der Waals surface area contributed by atoms with Gasteiger partial charge in [-0.25, -0.2) is 0 Å². The molecule has 0 aromatic heterocycles. The molecule has 0 amide bonds. The molecule has 0 aromatic rings. The summed E-state index contributed by atoms with van der Waals surface area (Å²) in [4.78, 5) is 20.1. The molecule has 2 atom stereocenters. The normalized spacial score (nSPS) is 12.8. The van der Waals surface area contributed by atoms with Crippen LogP contribution in [0.15, 0.2) is 0 Å². The van der Waals surface area contributed by atoms with E-state index in [9.17, 15) is 9.59 Å². The van der Waals surface area contributed by atoms with Crippen molar-refractivity contribution in [2.24, 2.45) is 22.9 Å². The van der Waals surface area contributed by atoms with Gasteiger partial charge in [0.05, 0.1) is 0 Å². The molecule has 0 aliphatic rings. The molecule has 0 aromatic carbocycles. The van der Waals surface area contributed by atoms with Crippen LogP contribution in [0.25, 0.3) is 0 Å². The number of hydrogen-bond donors (Lipinski definition) is 8. The molecule has 0 saturated heterocycles. The van der Waals surface area contributed by atoms with Crippen molar-refractivity contribution >= 4 is 22.3 Å². The van der Waals surface area contributed by atoms with E-state index < -0.39 is 34.4 Å². The van der Waals surface area contributed by atoms with E-state index in [0.717, 1.165) is 0 Å². The van der Waals surface area contributed by atoms with Crippen molar-refractivity contribution in [1.29, 1.82) is 0 Å². The van der Waals surface area contributed by atoms with E-state index in [1.807, 2.05) is 0 Å². The minimum atomic E-state index is -4.67. The minimum absolute atomic E-state index is 0.464. The first-order valence-corrected chi connectivity index (χ1v) is 7.83. The summed E-state index contributed by atoms with van der Waals surface area (Å²) in [6.07, 6.45) is 2.28. The van der Waals surface area contributed by atoms with E-state index in [1.165, 1.54) is 0 Å². The lowest BCUT2D eigenvalue weighted by Crippen LogP contribution is -2.30. The van der Waals surface area contributed by atoms with Crippen LogP contribution in [0.2, 0.25) is 0 Å². The molecule has 0 spiro atoms. The van der Waals surface area contributed by atoms with Gasteiger partial charge in [0.1, 0.15) is 12.1 Å². The van der Waals surface area contributed by atoms with Crippen molar-refractivity contribution in [3.8, 4) is 0 Å². The topological polar surface area (TPSA) is 253 Å². The largest absolute Gasteiger partial charge is 0.480 e. The number of carboxylic acid groups (broad SMARTS) is 2. The average Bonchev–Trinajstić information content (AvgIpc) is 2.40. The van der Waals surface area contributed by atoms with Crippen LogP contribution in [-0.2, 0) is 20.0 Å². The van der Waals surface area contributed by atoms with Crippen LogP contribution in [0.1, 0.15) is 25.7 Å². The average molecular weight is 362 g/mol. The maximum Gasteiger partial charge on any atom is 0.394 e. The molecule has 0 aliphatic heterocycles. The second kappa shape index (κ2) is 15.5. The van der Waals surface area contributed by atoms with Crippen molar-refractivity contribution in [2.75, 3.05) is 13.1 Å². The zero-order valence-corrected chi connectivity index (χ0v) is 13.4. The Bertz CT molecular complexity index is 385. The van der Waals surface area contributed by atoms with Crippen LogP contribution in [0.3, 0.4) is 0 Å². The predicted octanol–water partition coefficient (Wildman–Crippen LogP) is -2.38. The molecular weight excluding hydrogens is 336 g/mol. The van der Waals surface area contributed by atoms with Crippen molar-refractivity contribution < 1.29 is 37.3 Å². The second-order valence-electron chi connectivity index (χ2n) is 4.20. The SMILES string of the molecule is NCCC[C@H](N)C(=O)O.NCCC[C@H](N)C(=O)O.O=S(=O)(O)O. The third kappa shape index (κ3) is 33.5. The van der Waals surface area contributed by atoms with Crippen molar-refractivity contribution in [1.82, 2.24) is 0 Å². The second-order valence-corrected chi connectivity index (χ2v) is 5.09. The molecule has 12 nitrogen and oxygen atoms in total. The van der Waals surface area contributed by atoms with Crippen LogP contribution in [0.4, 0.5) is 0 Å². The molecule has 13 heteroatoms. The van der Waals surface area contributed by atoms with Crippen LogP contribution >= 0.6 is 0 Å². The first-order valence-electron chi connectivity index (χ1n) is 6.43. The zero-order valence-electron chi connectivity index (χ0n) is 12.5. The Labute approximate surface area is 134 Å². The third-order valence-electron chi connectivity index (χ3n) is 2.07. The van der Waals surface area contributed by atoms with E-state index in [2.05, 4.69) is 0 Å². The standard InChI is InChI=1S/2C5H12N2O2.H2O4S/c2*6-3-1-2-4(7)5(8)9;1-5(2,3)4/h2*4H,1-3,6-7H2,(H,8,9);(H2,1,2,3,4)/t2*4-;/m00./s1. The molecule has 0 radical (unpaired) electrons. The van der Waals surface area contributed by atoms with Crippen LogP contribution in [0, 0.1) is 0 Å². The molecule has 12 N–H and O–H groups in total. The highest BCUT2D eigenvalue weighted by molar-refractivity contribution is 7.79. The van der Waals surface area contributed by atoms with Gasteiger partial charge >= 0.3 is 22.3 Å². The van der Waals surface area contributed by atoms with Gasteiger partial charge in [0.2, 0.25) is 0 Å². The highest BCUT2D eigenvalue weighted by atomic mass is 32.3. The zero-order chi connectivity index (χ0) is 19.1. The molecule has 0 rings (SSSR count). The van der Waals surface area contributed by atoms with Gasteiger partial charge in [-0.05, 0) is 38.8 Å². The van der Waals surface area contributed by atoms with E-state index in [-0.39, 0.29) is 0 Å². The first-order chi connectivity index (χ1) is 10.4. The van der Waals surface area contributed by atoms with E-state index in [4.69, 9.17) is 50.7 Å². The molecule has 0 bridgehead atoms. The van der Waals surface area contributed by atoms with Crippen molar-refractivity contribution in [2.45, 2.75) is 37.8 Å². The summed E-state index contributed by atoms with van der Waals surface area (Å²) >= 11 is 0. The van der Waals surface area contributed by atoms with Gasteiger partial charge < -0.3 is 33.1 Å². The van der Waals surface area contributed by atoms with Crippen LogP contribution < -0.4 is 22.9 Å². The fourth-order valence-corrected chi connectivity index (χ4v) is 0.922. The summed E-state index contributed by atoms with van der Waals surface area (Å²) in [5, 5.41) is 16.5. The van der Waals surface area contributed by atoms with E-state index in [1.54, 1.807) is 0 Å². The van der Waals surface area contributed by atoms with Gasteiger partial charge in [-0.3, -0.25) is 18.7 Å². The number of carboxylic acids is 2. The fraction of sp³-hybridized carbons (Fsp3) is 0.800. The Kier molecular flexibility index (Phi) is 17.9. The number of rotatable bonds is 8. The highest BCUT2D eigenvalue weighted by Crippen LogP contribution is 1.91. The fourth-order valence-electron chi connectivity index (χ4n) is 0.922. The Morgan fingerprint density at radius 1 is 0.826 bits per heavy atom. The summed E-state index contributed by atoms with van der Waals surface area (Å²) in [5.41, 5.74) is 20.6. The van der Waals surface area contributed by atoms with Gasteiger partial charge in [0.25, 0.3) is 0 Å². The van der Waals surface area contributed by atoms with Crippen molar-refractivity contribution in [3.05, 3.63) is 0 Å². The third-order valence-corrected chi connectivity index (χ3v) is 2.07. The smallest absolute Gasteiger partial charge is 0.394 e. The quantitative estimate of drug-likeness (QED) is 0.211. The lowest BCUT2D eigenvalue weighted by molar-refractivity contribution is -0.139. The monoisotopic (exact) mass is 362 g/mol.